The number of unbranched alkanes of at least 4 members (excludes halogenated alkanes) is 1. The molecule has 0 aromatic heterocycles. The third-order valence-electron chi connectivity index (χ3n) is 2.73. The van der Waals surface area contributed by atoms with Crippen LogP contribution >= 0.6 is 0 Å². The van der Waals surface area contributed by atoms with Crippen LogP contribution in [-0.2, 0) is 0 Å². The van der Waals surface area contributed by atoms with Gasteiger partial charge in [-0.1, -0.05) is 25.5 Å². The fourth-order valence-corrected chi connectivity index (χ4v) is 1.61. The molecule has 1 aromatic carbocycles. The van der Waals surface area contributed by atoms with Crippen LogP contribution in [0.4, 0.5) is 0 Å². The quantitative estimate of drug-likeness (QED) is 0.336. The SMILES string of the molecule is CC#CCC(NN)c1ccc(OCCCC)cc1. The second-order valence-corrected chi connectivity index (χ2v) is 4.12. The number of nitrogens with two attached hydrogens (primary N) is 1. The Morgan fingerprint density at radius 1 is 1.33 bits per heavy atom. The van der Waals surface area contributed by atoms with Gasteiger partial charge in [0.1, 0.15) is 5.75 Å². The Bertz CT molecular complexity index is 389. The van der Waals surface area contributed by atoms with E-state index in [1.54, 1.807) is 0 Å². The van der Waals surface area contributed by atoms with E-state index in [4.69, 9.17) is 10.6 Å². The average Bonchev–Trinajstić information content (AvgIpc) is 2.41. The van der Waals surface area contributed by atoms with Crippen molar-refractivity contribution < 1.29 is 4.74 Å². The van der Waals surface area contributed by atoms with Crippen LogP contribution in [0.25, 0.3) is 0 Å². The lowest BCUT2D eigenvalue weighted by molar-refractivity contribution is 0.309. The van der Waals surface area contributed by atoms with Crippen molar-refractivity contribution >= 4 is 0 Å². The lowest BCUT2D eigenvalue weighted by atomic mass is 10.0. The third-order valence-corrected chi connectivity index (χ3v) is 2.73. The van der Waals surface area contributed by atoms with Gasteiger partial charge < -0.3 is 4.74 Å². The highest BCUT2D eigenvalue weighted by molar-refractivity contribution is 5.29. The molecule has 3 heteroatoms. The fraction of sp³-hybridized carbons (Fsp3) is 0.467. The van der Waals surface area contributed by atoms with Gasteiger partial charge in [-0.25, -0.2) is 0 Å². The molecule has 0 saturated carbocycles. The van der Waals surface area contributed by atoms with Gasteiger partial charge in [0, 0.05) is 6.42 Å². The predicted octanol–water partition coefficient (Wildman–Crippen LogP) is 2.78. The summed E-state index contributed by atoms with van der Waals surface area (Å²) in [6, 6.07) is 8.09. The number of rotatable bonds is 7. The standard InChI is InChI=1S/C15H22N2O/c1-3-5-7-15(17-16)13-8-10-14(11-9-13)18-12-6-4-2/h8-11,15,17H,4,6-7,12,16H2,1-2H3. The van der Waals surface area contributed by atoms with Gasteiger partial charge in [0.15, 0.2) is 0 Å². The Labute approximate surface area is 110 Å². The average molecular weight is 246 g/mol. The monoisotopic (exact) mass is 246 g/mol. The maximum absolute atomic E-state index is 5.62. The number of nitrogens with one attached hydrogen (secondary N) is 1. The number of hydrogen-bond donors (Lipinski definition) is 2. The summed E-state index contributed by atoms with van der Waals surface area (Å²) in [7, 11) is 0. The Balaban J connectivity index is 2.58. The highest BCUT2D eigenvalue weighted by Gasteiger charge is 2.07. The van der Waals surface area contributed by atoms with E-state index in [2.05, 4.69) is 24.2 Å². The zero-order chi connectivity index (χ0) is 13.2. The summed E-state index contributed by atoms with van der Waals surface area (Å²) in [5.74, 6) is 12.3. The van der Waals surface area contributed by atoms with Crippen LogP contribution < -0.4 is 16.0 Å². The summed E-state index contributed by atoms with van der Waals surface area (Å²) < 4.78 is 5.62. The van der Waals surface area contributed by atoms with Crippen LogP contribution in [0.15, 0.2) is 24.3 Å². The summed E-state index contributed by atoms with van der Waals surface area (Å²) in [6.07, 6.45) is 2.94. The molecule has 98 valence electrons. The second-order valence-electron chi connectivity index (χ2n) is 4.12. The van der Waals surface area contributed by atoms with Gasteiger partial charge in [-0.15, -0.1) is 11.8 Å². The molecule has 0 spiro atoms. The van der Waals surface area contributed by atoms with Gasteiger partial charge in [0.25, 0.3) is 0 Å². The van der Waals surface area contributed by atoms with Crippen molar-refractivity contribution in [3.05, 3.63) is 29.8 Å². The van der Waals surface area contributed by atoms with Crippen molar-refractivity contribution in [3.63, 3.8) is 0 Å². The van der Waals surface area contributed by atoms with Crippen LogP contribution in [0.1, 0.15) is 44.7 Å². The van der Waals surface area contributed by atoms with Crippen molar-refractivity contribution in [2.75, 3.05) is 6.61 Å². The van der Waals surface area contributed by atoms with Gasteiger partial charge in [0.2, 0.25) is 0 Å². The maximum atomic E-state index is 5.62. The molecule has 0 aliphatic carbocycles. The van der Waals surface area contributed by atoms with Gasteiger partial charge in [-0.3, -0.25) is 11.3 Å². The number of benzene rings is 1. The van der Waals surface area contributed by atoms with E-state index in [1.165, 1.54) is 0 Å². The minimum Gasteiger partial charge on any atom is -0.494 e. The Morgan fingerprint density at radius 3 is 2.61 bits per heavy atom. The van der Waals surface area contributed by atoms with E-state index in [9.17, 15) is 0 Å². The maximum Gasteiger partial charge on any atom is 0.119 e. The minimum atomic E-state index is 0.0714. The first kappa shape index (κ1) is 14.6. The summed E-state index contributed by atoms with van der Waals surface area (Å²) in [5, 5.41) is 0. The lowest BCUT2D eigenvalue weighted by Gasteiger charge is -2.14. The first-order valence-electron chi connectivity index (χ1n) is 6.40. The fourth-order valence-electron chi connectivity index (χ4n) is 1.61. The van der Waals surface area contributed by atoms with Crippen molar-refractivity contribution in [2.45, 2.75) is 39.2 Å². The number of hydrazine groups is 1. The van der Waals surface area contributed by atoms with Crippen molar-refractivity contribution in [3.8, 4) is 17.6 Å². The van der Waals surface area contributed by atoms with Crippen LogP contribution in [0.5, 0.6) is 5.75 Å². The summed E-state index contributed by atoms with van der Waals surface area (Å²) in [4.78, 5) is 0. The Kier molecular flexibility index (Phi) is 6.93. The highest BCUT2D eigenvalue weighted by Crippen LogP contribution is 2.19. The van der Waals surface area contributed by atoms with Crippen LogP contribution in [0, 0.1) is 11.8 Å². The van der Waals surface area contributed by atoms with E-state index in [-0.39, 0.29) is 6.04 Å². The molecule has 0 radical (unpaired) electrons. The smallest absolute Gasteiger partial charge is 0.119 e. The zero-order valence-corrected chi connectivity index (χ0v) is 11.2. The molecule has 3 N–H and O–H groups in total. The van der Waals surface area contributed by atoms with E-state index in [1.807, 2.05) is 31.2 Å². The highest BCUT2D eigenvalue weighted by atomic mass is 16.5. The molecular formula is C15H22N2O. The first-order valence-corrected chi connectivity index (χ1v) is 6.40. The van der Waals surface area contributed by atoms with E-state index < -0.39 is 0 Å². The molecule has 0 amide bonds. The van der Waals surface area contributed by atoms with Gasteiger partial charge in [-0.05, 0) is 31.0 Å². The first-order chi connectivity index (χ1) is 8.81. The summed E-state index contributed by atoms with van der Waals surface area (Å²) in [6.45, 7) is 4.76. The van der Waals surface area contributed by atoms with E-state index in [0.717, 1.165) is 30.8 Å². The number of ether oxygens (including phenoxy) is 1. The van der Waals surface area contributed by atoms with E-state index in [0.29, 0.717) is 6.42 Å². The molecular weight excluding hydrogens is 224 g/mol. The van der Waals surface area contributed by atoms with Crippen molar-refractivity contribution in [1.82, 2.24) is 5.43 Å². The minimum absolute atomic E-state index is 0.0714. The predicted molar refractivity (Wildman–Crippen MR) is 75.0 cm³/mol. The molecule has 1 atom stereocenters. The lowest BCUT2D eigenvalue weighted by Crippen LogP contribution is -2.27. The zero-order valence-electron chi connectivity index (χ0n) is 11.2. The second kappa shape index (κ2) is 8.57. The topological polar surface area (TPSA) is 47.3 Å². The van der Waals surface area contributed by atoms with Crippen LogP contribution in [0.2, 0.25) is 0 Å². The molecule has 0 aliphatic rings. The Hall–Kier alpha value is -1.50. The molecule has 0 saturated heterocycles. The summed E-state index contributed by atoms with van der Waals surface area (Å²) in [5.41, 5.74) is 3.91. The Morgan fingerprint density at radius 2 is 2.06 bits per heavy atom. The van der Waals surface area contributed by atoms with Gasteiger partial charge in [0.05, 0.1) is 12.6 Å². The molecule has 1 rings (SSSR count). The molecule has 1 aromatic rings. The molecule has 18 heavy (non-hydrogen) atoms. The van der Waals surface area contributed by atoms with Gasteiger partial charge >= 0.3 is 0 Å². The van der Waals surface area contributed by atoms with Crippen molar-refractivity contribution in [1.29, 1.82) is 0 Å². The molecule has 0 bridgehead atoms. The van der Waals surface area contributed by atoms with E-state index >= 15 is 0 Å². The third kappa shape index (κ3) is 4.79. The van der Waals surface area contributed by atoms with Crippen LogP contribution in [0.3, 0.4) is 0 Å². The molecule has 0 fully saturated rings. The number of hydrogen-bond acceptors (Lipinski definition) is 3. The molecule has 0 heterocycles. The molecule has 1 unspecified atom stereocenters. The van der Waals surface area contributed by atoms with Gasteiger partial charge in [-0.2, -0.15) is 0 Å². The largest absolute Gasteiger partial charge is 0.494 e. The molecule has 0 aliphatic heterocycles. The normalized spacial score (nSPS) is 11.5. The molecule has 3 nitrogen and oxygen atoms in total. The van der Waals surface area contributed by atoms with Crippen molar-refractivity contribution in [2.24, 2.45) is 5.84 Å². The van der Waals surface area contributed by atoms with Crippen LogP contribution in [-0.4, -0.2) is 6.61 Å². The summed E-state index contributed by atoms with van der Waals surface area (Å²) >= 11 is 0.